The van der Waals surface area contributed by atoms with Gasteiger partial charge in [0, 0.05) is 17.6 Å². The van der Waals surface area contributed by atoms with Gasteiger partial charge in [-0.15, -0.1) is 0 Å². The van der Waals surface area contributed by atoms with Crippen molar-refractivity contribution < 1.29 is 14.9 Å². The van der Waals surface area contributed by atoms with Gasteiger partial charge in [0.1, 0.15) is 6.10 Å². The summed E-state index contributed by atoms with van der Waals surface area (Å²) in [4.78, 5) is 2.28. The maximum Gasteiger partial charge on any atom is 0.165 e. The molecule has 5 rings (SSSR count). The van der Waals surface area contributed by atoms with Crippen molar-refractivity contribution in [1.82, 2.24) is 4.90 Å². The van der Waals surface area contributed by atoms with E-state index in [1.165, 1.54) is 5.56 Å². The number of nitrogens with two attached hydrogens (primary N) is 1. The Bertz CT molecular complexity index is 678. The fourth-order valence-corrected chi connectivity index (χ4v) is 5.79. The van der Waals surface area contributed by atoms with E-state index in [0.717, 1.165) is 31.4 Å². The Morgan fingerprint density at radius 1 is 1.36 bits per heavy atom. The van der Waals surface area contributed by atoms with E-state index in [1.807, 2.05) is 6.07 Å². The molecule has 1 aromatic rings. The summed E-state index contributed by atoms with van der Waals surface area (Å²) in [7, 11) is 2.10. The third-order valence-corrected chi connectivity index (χ3v) is 6.78. The molecule has 0 aromatic heterocycles. The number of likely N-dealkylation sites (N-methyl/N-ethyl adjacent to an activating group) is 1. The molecule has 2 aliphatic carbocycles. The predicted molar refractivity (Wildman–Crippen MR) is 81.1 cm³/mol. The van der Waals surface area contributed by atoms with Crippen LogP contribution in [-0.4, -0.2) is 52.5 Å². The van der Waals surface area contributed by atoms with Gasteiger partial charge in [0.2, 0.25) is 0 Å². The highest BCUT2D eigenvalue weighted by Crippen LogP contribution is 2.64. The van der Waals surface area contributed by atoms with Crippen molar-refractivity contribution in [1.29, 1.82) is 0 Å². The molecule has 5 heteroatoms. The highest BCUT2D eigenvalue weighted by atomic mass is 16.5. The summed E-state index contributed by atoms with van der Waals surface area (Å²) in [5.74, 6) is 0.746. The first-order valence-electron chi connectivity index (χ1n) is 8.19. The average Bonchev–Trinajstić information content (AvgIpc) is 2.85. The normalized spacial score (nSPS) is 45.3. The lowest BCUT2D eigenvalue weighted by atomic mass is 9.48. The third kappa shape index (κ3) is 1.17. The second-order valence-electron chi connectivity index (χ2n) is 7.54. The molecule has 5 nitrogen and oxygen atoms in total. The number of benzene rings is 1. The number of hydrogen-bond donors (Lipinski definition) is 3. The molecule has 0 radical (unpaired) electrons. The van der Waals surface area contributed by atoms with Crippen molar-refractivity contribution in [2.45, 2.75) is 54.9 Å². The van der Waals surface area contributed by atoms with Gasteiger partial charge >= 0.3 is 0 Å². The lowest BCUT2D eigenvalue weighted by Crippen LogP contribution is -2.77. The number of aromatic hydroxyl groups is 1. The standard InChI is InChI=1S/C17H22N2O3/c1-19-7-6-16-13-9-2-3-11(20)14(13)22-15(16)10(18)4-5-17(16,21)12(19)8-9/h2-3,10,12,15,20-21H,4-8,18H2,1H3/t10-,12-,15+,16+,17-/m1/s1. The Kier molecular flexibility index (Phi) is 2.26. The van der Waals surface area contributed by atoms with E-state index in [0.29, 0.717) is 12.2 Å². The van der Waals surface area contributed by atoms with E-state index in [9.17, 15) is 10.2 Å². The zero-order valence-corrected chi connectivity index (χ0v) is 12.7. The van der Waals surface area contributed by atoms with Crippen LogP contribution in [0.4, 0.5) is 0 Å². The second kappa shape index (κ2) is 3.78. The van der Waals surface area contributed by atoms with Crippen molar-refractivity contribution in [3.63, 3.8) is 0 Å². The van der Waals surface area contributed by atoms with E-state index in [2.05, 4.69) is 11.9 Å². The molecule has 2 bridgehead atoms. The van der Waals surface area contributed by atoms with E-state index in [1.54, 1.807) is 6.07 Å². The van der Waals surface area contributed by atoms with Crippen LogP contribution in [0.5, 0.6) is 11.5 Å². The van der Waals surface area contributed by atoms with E-state index in [-0.39, 0.29) is 23.9 Å². The van der Waals surface area contributed by atoms with Gasteiger partial charge in [0.25, 0.3) is 0 Å². The number of hydrogen-bond acceptors (Lipinski definition) is 5. The number of aliphatic hydroxyl groups is 1. The summed E-state index contributed by atoms with van der Waals surface area (Å²) < 4.78 is 6.17. The monoisotopic (exact) mass is 302 g/mol. The lowest BCUT2D eigenvalue weighted by molar-refractivity contribution is -0.184. The summed E-state index contributed by atoms with van der Waals surface area (Å²) in [5.41, 5.74) is 7.35. The molecule has 0 unspecified atom stereocenters. The zero-order chi connectivity index (χ0) is 15.3. The summed E-state index contributed by atoms with van der Waals surface area (Å²) >= 11 is 0. The van der Waals surface area contributed by atoms with Crippen LogP contribution in [0.2, 0.25) is 0 Å². The number of phenolic OH excluding ortho intramolecular Hbond substituents is 1. The maximum absolute atomic E-state index is 11.7. The molecule has 1 saturated heterocycles. The van der Waals surface area contributed by atoms with Gasteiger partial charge < -0.3 is 25.6 Å². The van der Waals surface area contributed by atoms with Gasteiger partial charge in [-0.3, -0.25) is 0 Å². The molecule has 0 amide bonds. The van der Waals surface area contributed by atoms with Gasteiger partial charge in [-0.25, -0.2) is 0 Å². The van der Waals surface area contributed by atoms with Crippen molar-refractivity contribution in [2.24, 2.45) is 5.73 Å². The fraction of sp³-hybridized carbons (Fsp3) is 0.647. The summed E-state index contributed by atoms with van der Waals surface area (Å²) in [6.45, 7) is 0.925. The molecule has 118 valence electrons. The van der Waals surface area contributed by atoms with E-state index < -0.39 is 11.0 Å². The molecule has 4 N–H and O–H groups in total. The molecule has 5 atom stereocenters. The van der Waals surface area contributed by atoms with Gasteiger partial charge in [-0.05, 0) is 50.9 Å². The van der Waals surface area contributed by atoms with Crippen molar-refractivity contribution >= 4 is 0 Å². The van der Waals surface area contributed by atoms with Crippen LogP contribution in [0.1, 0.15) is 30.4 Å². The number of phenols is 1. The highest BCUT2D eigenvalue weighted by Gasteiger charge is 2.72. The maximum atomic E-state index is 11.7. The Morgan fingerprint density at radius 3 is 3.00 bits per heavy atom. The van der Waals surface area contributed by atoms with Crippen LogP contribution in [-0.2, 0) is 11.8 Å². The average molecular weight is 302 g/mol. The topological polar surface area (TPSA) is 79.0 Å². The van der Waals surface area contributed by atoms with Crippen LogP contribution in [0.15, 0.2) is 12.1 Å². The molecule has 1 spiro atoms. The van der Waals surface area contributed by atoms with Crippen molar-refractivity contribution in [3.05, 3.63) is 23.3 Å². The van der Waals surface area contributed by atoms with Crippen LogP contribution < -0.4 is 10.5 Å². The number of rotatable bonds is 0. The number of ether oxygens (including phenoxy) is 1. The molecular formula is C17H22N2O3. The Hall–Kier alpha value is -1.30. The molecule has 2 heterocycles. The van der Waals surface area contributed by atoms with Crippen molar-refractivity contribution in [2.75, 3.05) is 13.6 Å². The predicted octanol–water partition coefficient (Wildman–Crippen LogP) is 0.503. The lowest BCUT2D eigenvalue weighted by Gasteiger charge is -2.63. The van der Waals surface area contributed by atoms with Crippen molar-refractivity contribution in [3.8, 4) is 11.5 Å². The van der Waals surface area contributed by atoms with Crippen LogP contribution in [0.3, 0.4) is 0 Å². The largest absolute Gasteiger partial charge is 0.504 e. The number of piperidine rings is 1. The SMILES string of the molecule is CN1CC[C@]23c4c5ccc(O)c4O[C@H]2[C@H](N)CC[C@@]3(O)[C@H]1C5. The summed E-state index contributed by atoms with van der Waals surface area (Å²) in [5, 5.41) is 22.0. The minimum absolute atomic E-state index is 0.0953. The summed E-state index contributed by atoms with van der Waals surface area (Å²) in [6, 6.07) is 3.71. The van der Waals surface area contributed by atoms with E-state index >= 15 is 0 Å². The minimum atomic E-state index is -0.813. The second-order valence-corrected chi connectivity index (χ2v) is 7.54. The Labute approximate surface area is 129 Å². The Morgan fingerprint density at radius 2 is 2.18 bits per heavy atom. The summed E-state index contributed by atoms with van der Waals surface area (Å²) in [6.07, 6.45) is 2.88. The van der Waals surface area contributed by atoms with Crippen LogP contribution >= 0.6 is 0 Å². The quantitative estimate of drug-likeness (QED) is 0.650. The van der Waals surface area contributed by atoms with Crippen LogP contribution in [0, 0.1) is 0 Å². The first-order valence-corrected chi connectivity index (χ1v) is 8.19. The van der Waals surface area contributed by atoms with Gasteiger partial charge in [-0.2, -0.15) is 0 Å². The third-order valence-electron chi connectivity index (χ3n) is 6.78. The first kappa shape index (κ1) is 13.2. The molecule has 1 saturated carbocycles. The molecule has 22 heavy (non-hydrogen) atoms. The van der Waals surface area contributed by atoms with E-state index in [4.69, 9.17) is 10.5 Å². The molecular weight excluding hydrogens is 280 g/mol. The smallest absolute Gasteiger partial charge is 0.165 e. The first-order chi connectivity index (χ1) is 10.5. The van der Waals surface area contributed by atoms with Gasteiger partial charge in [0.05, 0.1) is 11.0 Å². The number of likely N-dealkylation sites (tertiary alicyclic amines) is 1. The molecule has 4 aliphatic rings. The van der Waals surface area contributed by atoms with Crippen LogP contribution in [0.25, 0.3) is 0 Å². The minimum Gasteiger partial charge on any atom is -0.504 e. The molecule has 2 fully saturated rings. The fourth-order valence-electron chi connectivity index (χ4n) is 5.79. The Balaban J connectivity index is 1.86. The number of nitrogens with zero attached hydrogens (tertiary/aromatic N) is 1. The van der Waals surface area contributed by atoms with Gasteiger partial charge in [0.15, 0.2) is 11.5 Å². The highest BCUT2D eigenvalue weighted by molar-refractivity contribution is 5.62. The molecule has 2 aliphatic heterocycles. The van der Waals surface area contributed by atoms with Gasteiger partial charge in [-0.1, -0.05) is 6.07 Å². The zero-order valence-electron chi connectivity index (χ0n) is 12.7. The molecule has 1 aromatic carbocycles.